The van der Waals surface area contributed by atoms with Crippen LogP contribution in [-0.2, 0) is 14.3 Å². The van der Waals surface area contributed by atoms with Crippen LogP contribution >= 0.6 is 0 Å². The van der Waals surface area contributed by atoms with E-state index in [9.17, 15) is 30.3 Å². The second-order valence-corrected chi connectivity index (χ2v) is 13.3. The minimum Gasteiger partial charge on any atom is -0.394 e. The van der Waals surface area contributed by atoms with Crippen molar-refractivity contribution in [3.63, 3.8) is 0 Å². The van der Waals surface area contributed by atoms with Gasteiger partial charge in [0.2, 0.25) is 5.91 Å². The number of ether oxygens (including phenoxy) is 2. The average molecular weight is 694 g/mol. The van der Waals surface area contributed by atoms with E-state index in [1.165, 1.54) is 51.4 Å². The van der Waals surface area contributed by atoms with Crippen LogP contribution in [0.2, 0.25) is 0 Å². The van der Waals surface area contributed by atoms with Crippen molar-refractivity contribution in [2.24, 2.45) is 0 Å². The molecule has 49 heavy (non-hydrogen) atoms. The van der Waals surface area contributed by atoms with Gasteiger partial charge in [0.05, 0.1) is 25.4 Å². The average Bonchev–Trinajstić information content (AvgIpc) is 3.10. The number of amides is 1. The minimum atomic E-state index is -1.56. The van der Waals surface area contributed by atoms with Crippen LogP contribution in [0.3, 0.4) is 0 Å². The van der Waals surface area contributed by atoms with Crippen molar-refractivity contribution in [3.8, 4) is 0 Å². The molecule has 0 aliphatic carbocycles. The summed E-state index contributed by atoms with van der Waals surface area (Å²) in [6.07, 6.45) is 29.8. The Kier molecular flexibility index (Phi) is 28.5. The zero-order valence-corrected chi connectivity index (χ0v) is 30.7. The Morgan fingerprint density at radius 1 is 0.714 bits per heavy atom. The highest BCUT2D eigenvalue weighted by Crippen LogP contribution is 2.23. The van der Waals surface area contributed by atoms with Gasteiger partial charge in [0.25, 0.3) is 0 Å². The van der Waals surface area contributed by atoms with E-state index in [1.807, 2.05) is 0 Å². The van der Waals surface area contributed by atoms with Gasteiger partial charge in [-0.15, -0.1) is 0 Å². The molecule has 7 atom stereocenters. The van der Waals surface area contributed by atoms with E-state index in [0.717, 1.165) is 57.8 Å². The summed E-state index contributed by atoms with van der Waals surface area (Å²) in [5.41, 5.74) is 0. The molecule has 0 aromatic heterocycles. The summed E-state index contributed by atoms with van der Waals surface area (Å²) >= 11 is 0. The fourth-order valence-corrected chi connectivity index (χ4v) is 5.80. The molecule has 0 aromatic carbocycles. The molecule has 0 bridgehead atoms. The number of nitrogens with one attached hydrogen (secondary N) is 1. The van der Waals surface area contributed by atoms with Crippen molar-refractivity contribution in [3.05, 3.63) is 48.6 Å². The molecule has 6 N–H and O–H groups in total. The smallest absolute Gasteiger partial charge is 0.220 e. The molecule has 7 unspecified atom stereocenters. The van der Waals surface area contributed by atoms with Gasteiger partial charge < -0.3 is 40.3 Å². The number of aliphatic hydroxyl groups excluding tert-OH is 5. The van der Waals surface area contributed by atoms with Crippen molar-refractivity contribution in [2.75, 3.05) is 13.2 Å². The fourth-order valence-electron chi connectivity index (χ4n) is 5.80. The van der Waals surface area contributed by atoms with Gasteiger partial charge >= 0.3 is 0 Å². The molecule has 0 spiro atoms. The van der Waals surface area contributed by atoms with Gasteiger partial charge in [0, 0.05) is 6.42 Å². The second kappa shape index (κ2) is 30.9. The summed E-state index contributed by atoms with van der Waals surface area (Å²) < 4.78 is 11.2. The van der Waals surface area contributed by atoms with Crippen molar-refractivity contribution in [1.82, 2.24) is 5.32 Å². The van der Waals surface area contributed by atoms with E-state index < -0.39 is 49.5 Å². The Morgan fingerprint density at radius 2 is 1.27 bits per heavy atom. The second-order valence-electron chi connectivity index (χ2n) is 13.3. The molecule has 0 aromatic rings. The van der Waals surface area contributed by atoms with E-state index >= 15 is 0 Å². The number of carbonyl (C=O) groups is 1. The zero-order chi connectivity index (χ0) is 36.0. The standard InChI is InChI=1S/C40H71NO8/c1-3-5-7-9-11-13-15-16-17-18-20-22-24-26-28-30-36(44)41-33(32-48-40-39(47)38(46)37(45)35(31-42)49-40)34(43)29-27-25-23-21-19-14-12-10-8-6-4-2/h5,7,11,13,16-17,20,22,33-35,37-40,42-43,45-47H,3-4,6,8-10,12,14-15,18-19,21,23-32H2,1-2H3,(H,41,44)/b7-5-,13-11-,17-16-,22-20-. The summed E-state index contributed by atoms with van der Waals surface area (Å²) in [4.78, 5) is 12.9. The predicted molar refractivity (Wildman–Crippen MR) is 198 cm³/mol. The summed E-state index contributed by atoms with van der Waals surface area (Å²) in [5.74, 6) is -0.189. The minimum absolute atomic E-state index is 0.157. The SMILES string of the molecule is CC/C=C\C/C=C\C/C=C\C/C=C\CCCCC(=O)NC(COC1OC(CO)C(O)C(O)C1O)C(O)CCCCCCCCCCCCC. The Balaban J connectivity index is 2.46. The molecule has 1 amide bonds. The molecule has 1 aliphatic heterocycles. The molecule has 1 fully saturated rings. The van der Waals surface area contributed by atoms with Crippen molar-refractivity contribution < 1.29 is 39.8 Å². The molecule has 9 heteroatoms. The number of allylic oxidation sites excluding steroid dienone is 8. The van der Waals surface area contributed by atoms with Crippen LogP contribution in [0.15, 0.2) is 48.6 Å². The Labute approximate surface area is 297 Å². The third-order valence-corrected chi connectivity index (χ3v) is 8.95. The molecule has 1 rings (SSSR count). The fraction of sp³-hybridized carbons (Fsp3) is 0.775. The largest absolute Gasteiger partial charge is 0.394 e. The molecule has 1 saturated heterocycles. The highest BCUT2D eigenvalue weighted by atomic mass is 16.7. The maximum absolute atomic E-state index is 12.9. The van der Waals surface area contributed by atoms with E-state index in [0.29, 0.717) is 19.3 Å². The first-order valence-electron chi connectivity index (χ1n) is 19.3. The number of rotatable bonds is 30. The van der Waals surface area contributed by atoms with Crippen LogP contribution in [0.1, 0.15) is 142 Å². The van der Waals surface area contributed by atoms with Crippen LogP contribution in [-0.4, -0.2) is 87.5 Å². The van der Waals surface area contributed by atoms with Gasteiger partial charge in [-0.2, -0.15) is 0 Å². The van der Waals surface area contributed by atoms with Crippen LogP contribution in [0.25, 0.3) is 0 Å². The lowest BCUT2D eigenvalue weighted by molar-refractivity contribution is -0.302. The van der Waals surface area contributed by atoms with Crippen molar-refractivity contribution >= 4 is 5.91 Å². The van der Waals surface area contributed by atoms with Gasteiger partial charge in [-0.05, 0) is 51.4 Å². The quantitative estimate of drug-likeness (QED) is 0.0359. The summed E-state index contributed by atoms with van der Waals surface area (Å²) in [6.45, 7) is 3.65. The maximum Gasteiger partial charge on any atom is 0.220 e. The molecule has 1 heterocycles. The summed E-state index contributed by atoms with van der Waals surface area (Å²) in [5, 5.41) is 54.0. The van der Waals surface area contributed by atoms with Gasteiger partial charge in [-0.1, -0.05) is 133 Å². The highest BCUT2D eigenvalue weighted by molar-refractivity contribution is 5.76. The monoisotopic (exact) mass is 694 g/mol. The van der Waals surface area contributed by atoms with E-state index in [4.69, 9.17) is 9.47 Å². The highest BCUT2D eigenvalue weighted by Gasteiger charge is 2.44. The first-order valence-corrected chi connectivity index (χ1v) is 19.3. The van der Waals surface area contributed by atoms with Crippen molar-refractivity contribution in [1.29, 1.82) is 0 Å². The third-order valence-electron chi connectivity index (χ3n) is 8.95. The normalized spacial score (nSPS) is 23.0. The number of aliphatic hydroxyl groups is 5. The summed E-state index contributed by atoms with van der Waals surface area (Å²) in [7, 11) is 0. The Bertz CT molecular complexity index is 905. The van der Waals surface area contributed by atoms with Gasteiger partial charge in [0.1, 0.15) is 24.4 Å². The predicted octanol–water partition coefficient (Wildman–Crippen LogP) is 6.72. The maximum atomic E-state index is 12.9. The number of carbonyl (C=O) groups excluding carboxylic acids is 1. The topological polar surface area (TPSA) is 149 Å². The van der Waals surface area contributed by atoms with E-state index in [-0.39, 0.29) is 12.5 Å². The van der Waals surface area contributed by atoms with Gasteiger partial charge in [-0.3, -0.25) is 4.79 Å². The molecule has 1 aliphatic rings. The molecule has 284 valence electrons. The van der Waals surface area contributed by atoms with E-state index in [2.05, 4.69) is 67.8 Å². The number of hydrogen-bond donors (Lipinski definition) is 6. The lowest BCUT2D eigenvalue weighted by Gasteiger charge is -2.40. The Hall–Kier alpha value is -1.85. The molecular weight excluding hydrogens is 622 g/mol. The molecular formula is C40H71NO8. The summed E-state index contributed by atoms with van der Waals surface area (Å²) in [6, 6.07) is -0.739. The van der Waals surface area contributed by atoms with Crippen molar-refractivity contribution in [2.45, 2.75) is 185 Å². The van der Waals surface area contributed by atoms with Crippen LogP contribution < -0.4 is 5.32 Å². The lowest BCUT2D eigenvalue weighted by Crippen LogP contribution is -2.60. The van der Waals surface area contributed by atoms with Crippen LogP contribution in [0.4, 0.5) is 0 Å². The van der Waals surface area contributed by atoms with E-state index in [1.54, 1.807) is 0 Å². The molecule has 0 radical (unpaired) electrons. The van der Waals surface area contributed by atoms with Gasteiger partial charge in [-0.25, -0.2) is 0 Å². The lowest BCUT2D eigenvalue weighted by atomic mass is 9.99. The molecule has 0 saturated carbocycles. The Morgan fingerprint density at radius 3 is 1.84 bits per heavy atom. The third kappa shape index (κ3) is 22.6. The number of hydrogen-bond acceptors (Lipinski definition) is 8. The first kappa shape index (κ1) is 45.2. The van der Waals surface area contributed by atoms with Gasteiger partial charge in [0.15, 0.2) is 6.29 Å². The molecule has 9 nitrogen and oxygen atoms in total. The van der Waals surface area contributed by atoms with Crippen LogP contribution in [0, 0.1) is 0 Å². The van der Waals surface area contributed by atoms with Crippen LogP contribution in [0.5, 0.6) is 0 Å². The first-order chi connectivity index (χ1) is 23.8. The zero-order valence-electron chi connectivity index (χ0n) is 30.7. The number of unbranched alkanes of at least 4 members (excludes halogenated alkanes) is 12.